The van der Waals surface area contributed by atoms with Gasteiger partial charge >= 0.3 is 12.3 Å². The van der Waals surface area contributed by atoms with Crippen molar-refractivity contribution in [3.63, 3.8) is 0 Å². The van der Waals surface area contributed by atoms with Crippen molar-refractivity contribution in [3.05, 3.63) is 51.9 Å². The first-order chi connectivity index (χ1) is 15.8. The van der Waals surface area contributed by atoms with Gasteiger partial charge in [-0.2, -0.15) is 13.2 Å². The Morgan fingerprint density at radius 1 is 1.27 bits per heavy atom. The van der Waals surface area contributed by atoms with Gasteiger partial charge in [0.25, 0.3) is 0 Å². The number of aromatic nitrogens is 2. The van der Waals surface area contributed by atoms with Crippen molar-refractivity contribution in [1.82, 2.24) is 15.3 Å². The van der Waals surface area contributed by atoms with Crippen molar-refractivity contribution in [2.75, 3.05) is 24.5 Å². The molecule has 1 amide bonds. The zero-order chi connectivity index (χ0) is 23.4. The summed E-state index contributed by atoms with van der Waals surface area (Å²) in [7, 11) is 0. The number of fused-ring (bicyclic) bond motifs is 1. The molecule has 1 saturated heterocycles. The fraction of sp³-hybridized carbons (Fsp3) is 0.409. The van der Waals surface area contributed by atoms with Crippen molar-refractivity contribution in [2.45, 2.75) is 31.5 Å². The second-order valence-corrected chi connectivity index (χ2v) is 9.21. The molecule has 1 N–H and O–H groups in total. The van der Waals surface area contributed by atoms with E-state index in [-0.39, 0.29) is 11.6 Å². The smallest absolute Gasteiger partial charge is 0.429 e. The monoisotopic (exact) mass is 498 g/mol. The first-order valence-corrected chi connectivity index (χ1v) is 11.8. The number of piperidine rings is 1. The van der Waals surface area contributed by atoms with Crippen molar-refractivity contribution in [3.8, 4) is 0 Å². The summed E-state index contributed by atoms with van der Waals surface area (Å²) >= 11 is 6.82. The van der Waals surface area contributed by atoms with Gasteiger partial charge in [-0.25, -0.2) is 14.8 Å². The summed E-state index contributed by atoms with van der Waals surface area (Å²) in [5, 5.41) is 5.21. The van der Waals surface area contributed by atoms with Gasteiger partial charge in [-0.3, -0.25) is 0 Å². The van der Waals surface area contributed by atoms with Crippen LogP contribution in [0.1, 0.15) is 30.4 Å². The maximum Gasteiger partial charge on any atom is 0.432 e. The van der Waals surface area contributed by atoms with Crippen LogP contribution in [-0.2, 0) is 4.74 Å². The van der Waals surface area contributed by atoms with Crippen LogP contribution in [0.2, 0.25) is 5.02 Å². The zero-order valence-corrected chi connectivity index (χ0v) is 19.1. The largest absolute Gasteiger partial charge is 0.432 e. The molecule has 1 aliphatic heterocycles. The highest BCUT2D eigenvalue weighted by molar-refractivity contribution is 7.09. The summed E-state index contributed by atoms with van der Waals surface area (Å²) in [4.78, 5) is 22.5. The lowest BCUT2D eigenvalue weighted by Gasteiger charge is -2.33. The molecule has 3 aromatic rings. The van der Waals surface area contributed by atoms with Gasteiger partial charge in [0.05, 0.1) is 5.52 Å². The molecule has 1 fully saturated rings. The maximum atomic E-state index is 13.2. The molecule has 1 atom stereocenters. The van der Waals surface area contributed by atoms with Crippen LogP contribution in [0.5, 0.6) is 0 Å². The third kappa shape index (κ3) is 6.05. The van der Waals surface area contributed by atoms with Crippen LogP contribution in [0.15, 0.2) is 41.9 Å². The molecular formula is C22H22ClF3N4O2S. The van der Waals surface area contributed by atoms with Gasteiger partial charge < -0.3 is 15.0 Å². The highest BCUT2D eigenvalue weighted by atomic mass is 35.5. The van der Waals surface area contributed by atoms with Gasteiger partial charge in [-0.05, 0) is 55.5 Å². The SMILES string of the molecule is O=C(NCCC1CCN(c2ccc3cc(Cl)ccc3n2)CC1)OC(c1nccs1)C(F)(F)F. The van der Waals surface area contributed by atoms with E-state index in [4.69, 9.17) is 16.6 Å². The predicted octanol–water partition coefficient (Wildman–Crippen LogP) is 5.98. The topological polar surface area (TPSA) is 67.4 Å². The Balaban J connectivity index is 1.23. The molecule has 4 rings (SSSR count). The lowest BCUT2D eigenvalue weighted by molar-refractivity contribution is -0.206. The fourth-order valence-electron chi connectivity index (χ4n) is 3.86. The Bertz CT molecular complexity index is 1090. The van der Waals surface area contributed by atoms with Crippen molar-refractivity contribution in [1.29, 1.82) is 0 Å². The fourth-order valence-corrected chi connectivity index (χ4v) is 4.73. The molecule has 33 heavy (non-hydrogen) atoms. The first-order valence-electron chi connectivity index (χ1n) is 10.5. The molecule has 6 nitrogen and oxygen atoms in total. The quantitative estimate of drug-likeness (QED) is 0.452. The van der Waals surface area contributed by atoms with Crippen LogP contribution in [0.3, 0.4) is 0 Å². The van der Waals surface area contributed by atoms with Crippen LogP contribution in [-0.4, -0.2) is 41.9 Å². The number of carbonyl (C=O) groups excluding carboxylic acids is 1. The molecule has 0 spiro atoms. The summed E-state index contributed by atoms with van der Waals surface area (Å²) in [5.74, 6) is 1.27. The number of carbonyl (C=O) groups is 1. The minimum absolute atomic E-state index is 0.251. The normalized spacial score (nSPS) is 16.1. The van der Waals surface area contributed by atoms with Crippen LogP contribution < -0.4 is 10.2 Å². The van der Waals surface area contributed by atoms with E-state index in [1.54, 1.807) is 0 Å². The average molecular weight is 499 g/mol. The number of nitrogens with one attached hydrogen (secondary N) is 1. The second-order valence-electron chi connectivity index (χ2n) is 7.85. The molecule has 176 valence electrons. The van der Waals surface area contributed by atoms with E-state index in [0.717, 1.165) is 54.0 Å². The Morgan fingerprint density at radius 2 is 2.06 bits per heavy atom. The number of nitrogens with zero attached hydrogens (tertiary/aromatic N) is 3. The maximum absolute atomic E-state index is 13.2. The molecule has 2 aromatic heterocycles. The number of amides is 1. The van der Waals surface area contributed by atoms with Gasteiger partial charge in [0, 0.05) is 41.6 Å². The molecule has 3 heterocycles. The third-order valence-electron chi connectivity index (χ3n) is 5.59. The first kappa shape index (κ1) is 23.6. The molecule has 1 unspecified atom stereocenters. The van der Waals surface area contributed by atoms with E-state index in [2.05, 4.69) is 19.9 Å². The van der Waals surface area contributed by atoms with Crippen LogP contribution in [0, 0.1) is 5.92 Å². The molecule has 0 aliphatic carbocycles. The summed E-state index contributed by atoms with van der Waals surface area (Å²) in [6, 6.07) is 9.59. The van der Waals surface area contributed by atoms with Gasteiger partial charge in [0.2, 0.25) is 6.10 Å². The molecule has 11 heteroatoms. The van der Waals surface area contributed by atoms with Crippen LogP contribution >= 0.6 is 22.9 Å². The molecule has 1 aliphatic rings. The number of anilines is 1. The number of thiazole rings is 1. The van der Waals surface area contributed by atoms with Crippen LogP contribution in [0.4, 0.5) is 23.8 Å². The third-order valence-corrected chi connectivity index (χ3v) is 6.65. The lowest BCUT2D eigenvalue weighted by Crippen LogP contribution is -2.36. The highest BCUT2D eigenvalue weighted by Crippen LogP contribution is 2.36. The summed E-state index contributed by atoms with van der Waals surface area (Å²) in [6.07, 6.45) is -4.44. The standard InChI is InChI=1S/C22H22ClF3N4O2S/c23-16-2-3-17-15(13-16)1-4-18(29-17)30-10-6-14(7-11-30)5-8-28-21(31)32-19(22(24,25)26)20-27-9-12-33-20/h1-4,9,12-14,19H,5-8,10-11H2,(H,28,31). The number of hydrogen-bond acceptors (Lipinski definition) is 6. The highest BCUT2D eigenvalue weighted by Gasteiger charge is 2.46. The van der Waals surface area contributed by atoms with Gasteiger partial charge in [-0.1, -0.05) is 11.6 Å². The summed E-state index contributed by atoms with van der Waals surface area (Å²) in [6.45, 7) is 1.89. The van der Waals surface area contributed by atoms with Crippen molar-refractivity contribution < 1.29 is 22.7 Å². The predicted molar refractivity (Wildman–Crippen MR) is 122 cm³/mol. The van der Waals surface area contributed by atoms with Crippen molar-refractivity contribution >= 4 is 45.8 Å². The van der Waals surface area contributed by atoms with Gasteiger partial charge in [0.15, 0.2) is 0 Å². The Morgan fingerprint density at radius 3 is 2.76 bits per heavy atom. The van der Waals surface area contributed by atoms with E-state index in [0.29, 0.717) is 17.4 Å². The van der Waals surface area contributed by atoms with E-state index in [1.807, 2.05) is 30.3 Å². The molecule has 0 bridgehead atoms. The minimum atomic E-state index is -4.72. The van der Waals surface area contributed by atoms with E-state index in [9.17, 15) is 18.0 Å². The van der Waals surface area contributed by atoms with Crippen molar-refractivity contribution in [2.24, 2.45) is 5.92 Å². The Kier molecular flexibility index (Phi) is 7.23. The van der Waals surface area contributed by atoms with E-state index < -0.39 is 18.4 Å². The number of halogens is 4. The Labute approximate surface area is 197 Å². The van der Waals surface area contributed by atoms with Crippen LogP contribution in [0.25, 0.3) is 10.9 Å². The molecule has 0 radical (unpaired) electrons. The number of rotatable bonds is 6. The summed E-state index contributed by atoms with van der Waals surface area (Å²) < 4.78 is 44.2. The number of benzene rings is 1. The number of hydrogen-bond donors (Lipinski definition) is 1. The van der Waals surface area contributed by atoms with E-state index in [1.165, 1.54) is 11.6 Å². The minimum Gasteiger partial charge on any atom is -0.429 e. The van der Waals surface area contributed by atoms with E-state index >= 15 is 0 Å². The van der Waals surface area contributed by atoms with Gasteiger partial charge in [0.1, 0.15) is 10.8 Å². The summed E-state index contributed by atoms with van der Waals surface area (Å²) in [5.41, 5.74) is 0.886. The Hall–Kier alpha value is -2.59. The number of alkyl halides is 3. The number of alkyl carbamates (subject to hydrolysis) is 1. The molecule has 1 aromatic carbocycles. The van der Waals surface area contributed by atoms with Gasteiger partial charge in [-0.15, -0.1) is 11.3 Å². The zero-order valence-electron chi connectivity index (χ0n) is 17.5. The molecular weight excluding hydrogens is 477 g/mol. The number of ether oxygens (including phenoxy) is 1. The average Bonchev–Trinajstić information content (AvgIpc) is 3.31. The number of pyridine rings is 1. The molecule has 0 saturated carbocycles. The lowest BCUT2D eigenvalue weighted by atomic mass is 9.93. The second kappa shape index (κ2) is 10.1.